The van der Waals surface area contributed by atoms with Crippen LogP contribution in [0.2, 0.25) is 5.02 Å². The number of para-hydroxylation sites is 1. The van der Waals surface area contributed by atoms with Crippen molar-refractivity contribution < 1.29 is 13.2 Å². The summed E-state index contributed by atoms with van der Waals surface area (Å²) in [7, 11) is -0.785. The molecule has 2 aromatic carbocycles. The maximum Gasteiger partial charge on any atom is 0.257 e. The molecule has 7 heteroatoms. The van der Waals surface area contributed by atoms with Gasteiger partial charge in [0.15, 0.2) is 0 Å². The van der Waals surface area contributed by atoms with Crippen molar-refractivity contribution >= 4 is 33.2 Å². The minimum atomic E-state index is -3.66. The molecule has 0 saturated carbocycles. The van der Waals surface area contributed by atoms with Crippen molar-refractivity contribution in [2.24, 2.45) is 0 Å². The maximum atomic E-state index is 12.8. The van der Waals surface area contributed by atoms with Crippen LogP contribution in [-0.4, -0.2) is 32.7 Å². The number of hydrogen-bond acceptors (Lipinski definition) is 3. The van der Waals surface area contributed by atoms with Gasteiger partial charge in [0.25, 0.3) is 5.91 Å². The Morgan fingerprint density at radius 2 is 1.81 bits per heavy atom. The van der Waals surface area contributed by atoms with E-state index in [0.29, 0.717) is 0 Å². The van der Waals surface area contributed by atoms with Gasteiger partial charge in [-0.2, -0.15) is 0 Å². The molecule has 140 valence electrons. The molecule has 2 aromatic rings. The van der Waals surface area contributed by atoms with Crippen LogP contribution in [0.15, 0.2) is 41.3 Å². The van der Waals surface area contributed by atoms with Gasteiger partial charge in [0.05, 0.1) is 15.5 Å². The van der Waals surface area contributed by atoms with Gasteiger partial charge in [-0.1, -0.05) is 43.6 Å². The van der Waals surface area contributed by atoms with Gasteiger partial charge in [-0.05, 0) is 42.2 Å². The highest BCUT2D eigenvalue weighted by Gasteiger charge is 2.21. The molecule has 2 rings (SSSR count). The lowest BCUT2D eigenvalue weighted by Gasteiger charge is -2.17. The van der Waals surface area contributed by atoms with Gasteiger partial charge in [0.2, 0.25) is 10.0 Å². The van der Waals surface area contributed by atoms with Crippen molar-refractivity contribution in [3.8, 4) is 0 Å². The largest absolute Gasteiger partial charge is 0.321 e. The number of aryl methyl sites for hydroxylation is 1. The Morgan fingerprint density at radius 3 is 2.38 bits per heavy atom. The van der Waals surface area contributed by atoms with E-state index in [1.807, 2.05) is 39.0 Å². The summed E-state index contributed by atoms with van der Waals surface area (Å²) in [6.07, 6.45) is 0. The van der Waals surface area contributed by atoms with E-state index in [9.17, 15) is 13.2 Å². The van der Waals surface area contributed by atoms with Crippen LogP contribution in [0.3, 0.4) is 0 Å². The van der Waals surface area contributed by atoms with Crippen molar-refractivity contribution in [3.63, 3.8) is 0 Å². The molecule has 0 aliphatic heterocycles. The lowest BCUT2D eigenvalue weighted by atomic mass is 9.98. The maximum absolute atomic E-state index is 12.8. The Balaban J connectivity index is 2.47. The predicted octanol–water partition coefficient (Wildman–Crippen LogP) is 4.27. The van der Waals surface area contributed by atoms with Crippen molar-refractivity contribution in [2.45, 2.75) is 31.6 Å². The standard InChI is InChI=1S/C19H23ClN2O3S/c1-12(2)15-8-6-7-13(3)18(15)21-19(23)16-11-14(9-10-17(16)20)26(24,25)22(4)5/h6-12H,1-5H3,(H,21,23). The van der Waals surface area contributed by atoms with Crippen LogP contribution in [0.1, 0.15) is 41.3 Å². The molecule has 1 amide bonds. The molecule has 0 aromatic heterocycles. The van der Waals surface area contributed by atoms with Crippen LogP contribution in [0.5, 0.6) is 0 Å². The monoisotopic (exact) mass is 394 g/mol. The summed E-state index contributed by atoms with van der Waals surface area (Å²) < 4.78 is 25.7. The molecule has 0 spiro atoms. The first-order valence-electron chi connectivity index (χ1n) is 8.18. The molecule has 0 unspecified atom stereocenters. The van der Waals surface area contributed by atoms with E-state index in [1.165, 1.54) is 32.3 Å². The summed E-state index contributed by atoms with van der Waals surface area (Å²) in [5.74, 6) is -0.219. The molecule has 0 aliphatic carbocycles. The van der Waals surface area contributed by atoms with Gasteiger partial charge >= 0.3 is 0 Å². The number of benzene rings is 2. The summed E-state index contributed by atoms with van der Waals surface area (Å²) in [5.41, 5.74) is 2.78. The number of carbonyl (C=O) groups excluding carboxylic acids is 1. The second kappa shape index (κ2) is 7.78. The molecule has 0 saturated heterocycles. The number of carbonyl (C=O) groups is 1. The zero-order valence-corrected chi connectivity index (χ0v) is 17.1. The van der Waals surface area contributed by atoms with E-state index in [1.54, 1.807) is 0 Å². The number of halogens is 1. The number of hydrogen-bond donors (Lipinski definition) is 1. The smallest absolute Gasteiger partial charge is 0.257 e. The molecular weight excluding hydrogens is 372 g/mol. The number of rotatable bonds is 5. The minimum absolute atomic E-state index is 0.0194. The summed E-state index contributed by atoms with van der Waals surface area (Å²) in [5, 5.41) is 3.09. The summed E-state index contributed by atoms with van der Waals surface area (Å²) >= 11 is 6.16. The van der Waals surface area contributed by atoms with Crippen LogP contribution in [-0.2, 0) is 10.0 Å². The molecule has 0 radical (unpaired) electrons. The fraction of sp³-hybridized carbons (Fsp3) is 0.316. The third-order valence-electron chi connectivity index (χ3n) is 4.13. The van der Waals surface area contributed by atoms with E-state index in [4.69, 9.17) is 11.6 Å². The fourth-order valence-corrected chi connectivity index (χ4v) is 3.70. The second-order valence-electron chi connectivity index (χ2n) is 6.58. The fourth-order valence-electron chi connectivity index (χ4n) is 2.57. The number of amides is 1. The van der Waals surface area contributed by atoms with Gasteiger partial charge in [0.1, 0.15) is 0 Å². The van der Waals surface area contributed by atoms with E-state index >= 15 is 0 Å². The Morgan fingerprint density at radius 1 is 1.15 bits per heavy atom. The molecule has 0 fully saturated rings. The number of nitrogens with zero attached hydrogens (tertiary/aromatic N) is 1. The van der Waals surface area contributed by atoms with Crippen LogP contribution in [0, 0.1) is 6.92 Å². The Hall–Kier alpha value is -1.89. The normalized spacial score (nSPS) is 11.8. The SMILES string of the molecule is Cc1cccc(C(C)C)c1NC(=O)c1cc(S(=O)(=O)N(C)C)ccc1Cl. The molecule has 0 bridgehead atoms. The first-order chi connectivity index (χ1) is 12.1. The number of anilines is 1. The van der Waals surface area contributed by atoms with Crippen LogP contribution >= 0.6 is 11.6 Å². The Kier molecular flexibility index (Phi) is 6.11. The van der Waals surface area contributed by atoms with Gasteiger partial charge < -0.3 is 5.32 Å². The van der Waals surface area contributed by atoms with E-state index in [0.717, 1.165) is 21.1 Å². The highest BCUT2D eigenvalue weighted by molar-refractivity contribution is 7.89. The summed E-state index contributed by atoms with van der Waals surface area (Å²) in [6.45, 7) is 6.00. The predicted molar refractivity (Wildman–Crippen MR) is 106 cm³/mol. The highest BCUT2D eigenvalue weighted by atomic mass is 35.5. The quantitative estimate of drug-likeness (QED) is 0.823. The lowest BCUT2D eigenvalue weighted by Crippen LogP contribution is -2.23. The zero-order chi connectivity index (χ0) is 19.6. The lowest BCUT2D eigenvalue weighted by molar-refractivity contribution is 0.102. The van der Waals surface area contributed by atoms with Crippen LogP contribution in [0.25, 0.3) is 0 Å². The number of sulfonamides is 1. The minimum Gasteiger partial charge on any atom is -0.321 e. The van der Waals surface area contributed by atoms with Gasteiger partial charge in [-0.3, -0.25) is 4.79 Å². The van der Waals surface area contributed by atoms with Crippen LogP contribution < -0.4 is 5.32 Å². The average molecular weight is 395 g/mol. The van der Waals surface area contributed by atoms with Gasteiger partial charge in [-0.25, -0.2) is 12.7 Å². The van der Waals surface area contributed by atoms with E-state index < -0.39 is 15.9 Å². The van der Waals surface area contributed by atoms with Crippen LogP contribution in [0.4, 0.5) is 5.69 Å². The third kappa shape index (κ3) is 4.09. The third-order valence-corrected chi connectivity index (χ3v) is 6.27. The first-order valence-corrected chi connectivity index (χ1v) is 10.0. The first kappa shape index (κ1) is 20.4. The molecule has 0 atom stereocenters. The average Bonchev–Trinajstić information content (AvgIpc) is 2.56. The molecule has 0 aliphatic rings. The summed E-state index contributed by atoms with van der Waals surface area (Å²) in [4.78, 5) is 12.8. The zero-order valence-electron chi connectivity index (χ0n) is 15.5. The number of nitrogens with one attached hydrogen (secondary N) is 1. The van der Waals surface area contributed by atoms with Crippen molar-refractivity contribution in [1.29, 1.82) is 0 Å². The van der Waals surface area contributed by atoms with E-state index in [-0.39, 0.29) is 21.4 Å². The molecule has 26 heavy (non-hydrogen) atoms. The molecule has 5 nitrogen and oxygen atoms in total. The molecular formula is C19H23ClN2O3S. The molecule has 1 N–H and O–H groups in total. The summed E-state index contributed by atoms with van der Waals surface area (Å²) in [6, 6.07) is 9.94. The van der Waals surface area contributed by atoms with E-state index in [2.05, 4.69) is 5.32 Å². The highest BCUT2D eigenvalue weighted by Crippen LogP contribution is 2.29. The second-order valence-corrected chi connectivity index (χ2v) is 9.14. The topological polar surface area (TPSA) is 66.5 Å². The van der Waals surface area contributed by atoms with Gasteiger partial charge in [0, 0.05) is 19.8 Å². The van der Waals surface area contributed by atoms with Gasteiger partial charge in [-0.15, -0.1) is 0 Å². The van der Waals surface area contributed by atoms with Crippen molar-refractivity contribution in [1.82, 2.24) is 4.31 Å². The van der Waals surface area contributed by atoms with Crippen molar-refractivity contribution in [2.75, 3.05) is 19.4 Å². The Labute approximate surface area is 160 Å². The van der Waals surface area contributed by atoms with Crippen molar-refractivity contribution in [3.05, 3.63) is 58.1 Å². The Bertz CT molecular complexity index is 938. The molecule has 0 heterocycles.